The first-order valence-electron chi connectivity index (χ1n) is 12.7. The lowest BCUT2D eigenvalue weighted by Crippen LogP contribution is -2.42. The minimum Gasteiger partial charge on any atom is -0.496 e. The maximum atomic E-state index is 12.3. The molecule has 1 aliphatic rings. The van der Waals surface area contributed by atoms with Gasteiger partial charge in [-0.15, -0.1) is 0 Å². The van der Waals surface area contributed by atoms with Crippen LogP contribution in [0.1, 0.15) is 52.5 Å². The molecule has 0 spiro atoms. The number of fused-ring (bicyclic) bond motifs is 1. The third-order valence-electron chi connectivity index (χ3n) is 5.72. The molecular weight excluding hydrogens is 456 g/mol. The fourth-order valence-electron chi connectivity index (χ4n) is 3.92. The van der Waals surface area contributed by atoms with Gasteiger partial charge in [0.1, 0.15) is 12.3 Å². The molecule has 2 unspecified atom stereocenters. The number of likely N-dealkylation sites (tertiary alicyclic amines) is 1. The molecule has 198 valence electrons. The van der Waals surface area contributed by atoms with E-state index in [1.807, 2.05) is 37.3 Å². The number of hydrogen-bond donors (Lipinski definition) is 1. The average Bonchev–Trinajstić information content (AvgIpc) is 3.24. The van der Waals surface area contributed by atoms with E-state index in [4.69, 9.17) is 14.2 Å². The minimum absolute atomic E-state index is 0.0588. The lowest BCUT2D eigenvalue weighted by molar-refractivity contribution is -0.131. The van der Waals surface area contributed by atoms with Crippen molar-refractivity contribution in [3.63, 3.8) is 0 Å². The van der Waals surface area contributed by atoms with E-state index in [0.29, 0.717) is 13.0 Å². The van der Waals surface area contributed by atoms with E-state index in [2.05, 4.69) is 44.3 Å². The van der Waals surface area contributed by atoms with Gasteiger partial charge in [0, 0.05) is 25.3 Å². The zero-order valence-electron chi connectivity index (χ0n) is 22.6. The summed E-state index contributed by atoms with van der Waals surface area (Å²) in [5.41, 5.74) is 1.01. The van der Waals surface area contributed by atoms with Gasteiger partial charge in [-0.1, -0.05) is 57.2 Å². The van der Waals surface area contributed by atoms with Crippen molar-refractivity contribution >= 4 is 28.8 Å². The molecule has 7 nitrogen and oxygen atoms in total. The highest BCUT2D eigenvalue weighted by Gasteiger charge is 2.32. The molecule has 2 aromatic carbocycles. The van der Waals surface area contributed by atoms with Gasteiger partial charge < -0.3 is 24.4 Å². The molecule has 0 aromatic heterocycles. The van der Waals surface area contributed by atoms with Crippen LogP contribution in [0.4, 0.5) is 4.79 Å². The molecule has 0 saturated carbocycles. The Bertz CT molecular complexity index is 1000. The Labute approximate surface area is 215 Å². The highest BCUT2D eigenvalue weighted by molar-refractivity contribution is 5.87. The van der Waals surface area contributed by atoms with Crippen molar-refractivity contribution in [3.8, 4) is 5.75 Å². The van der Waals surface area contributed by atoms with Gasteiger partial charge in [-0.25, -0.2) is 4.79 Å². The molecule has 1 heterocycles. The van der Waals surface area contributed by atoms with Crippen LogP contribution in [0.25, 0.3) is 16.8 Å². The summed E-state index contributed by atoms with van der Waals surface area (Å²) in [7, 11) is 3.31. The van der Waals surface area contributed by atoms with E-state index in [0.717, 1.165) is 40.8 Å². The summed E-state index contributed by atoms with van der Waals surface area (Å²) in [5.74, 6) is 1.53. The first-order chi connectivity index (χ1) is 17.2. The first-order valence-corrected chi connectivity index (χ1v) is 12.7. The van der Waals surface area contributed by atoms with E-state index in [1.54, 1.807) is 19.1 Å². The van der Waals surface area contributed by atoms with Crippen LogP contribution in [0.3, 0.4) is 0 Å². The highest BCUT2D eigenvalue weighted by atomic mass is 16.5. The lowest BCUT2D eigenvalue weighted by atomic mass is 10.1. The molecule has 0 aliphatic carbocycles. The minimum atomic E-state index is -0.575. The molecule has 1 saturated heterocycles. The largest absolute Gasteiger partial charge is 0.496 e. The number of rotatable bonds is 9. The van der Waals surface area contributed by atoms with Gasteiger partial charge in [-0.3, -0.25) is 4.79 Å². The Kier molecular flexibility index (Phi) is 12.3. The third kappa shape index (κ3) is 9.53. The number of unbranched alkanes of at least 4 members (excludes halogenated alkanes) is 1. The van der Waals surface area contributed by atoms with Gasteiger partial charge in [0.25, 0.3) is 0 Å². The normalized spacial score (nSPS) is 17.2. The fourth-order valence-corrected chi connectivity index (χ4v) is 3.92. The van der Waals surface area contributed by atoms with Crippen LogP contribution < -0.4 is 10.1 Å². The highest BCUT2D eigenvalue weighted by Crippen LogP contribution is 2.27. The molecule has 2 atom stereocenters. The maximum absolute atomic E-state index is 12.3. The smallest absolute Gasteiger partial charge is 0.407 e. The van der Waals surface area contributed by atoms with Crippen LogP contribution in [-0.2, 0) is 14.3 Å². The quantitative estimate of drug-likeness (QED) is 0.451. The fraction of sp³-hybridized carbons (Fsp3) is 0.517. The molecule has 0 bridgehead atoms. The maximum Gasteiger partial charge on any atom is 0.407 e. The number of hydrogen-bond acceptors (Lipinski definition) is 5. The molecule has 1 fully saturated rings. The van der Waals surface area contributed by atoms with E-state index >= 15 is 0 Å². The van der Waals surface area contributed by atoms with Crippen LogP contribution in [0.5, 0.6) is 5.75 Å². The second kappa shape index (κ2) is 15.1. The van der Waals surface area contributed by atoms with Gasteiger partial charge in [0.2, 0.25) is 5.91 Å². The summed E-state index contributed by atoms with van der Waals surface area (Å²) in [6.07, 6.45) is 5.80. The monoisotopic (exact) mass is 498 g/mol. The zero-order chi connectivity index (χ0) is 26.5. The zero-order valence-corrected chi connectivity index (χ0v) is 22.6. The predicted octanol–water partition coefficient (Wildman–Crippen LogP) is 5.67. The van der Waals surface area contributed by atoms with Crippen molar-refractivity contribution in [2.75, 3.05) is 33.9 Å². The molecule has 36 heavy (non-hydrogen) atoms. The van der Waals surface area contributed by atoms with Crippen LogP contribution in [0.2, 0.25) is 0 Å². The van der Waals surface area contributed by atoms with E-state index in [1.165, 1.54) is 0 Å². The molecule has 2 aromatic rings. The Hall–Kier alpha value is -3.06. The number of nitrogens with one attached hydrogen (secondary N) is 1. The summed E-state index contributed by atoms with van der Waals surface area (Å²) < 4.78 is 16.0. The van der Waals surface area contributed by atoms with E-state index < -0.39 is 6.09 Å². The molecule has 1 aliphatic heterocycles. The van der Waals surface area contributed by atoms with Crippen LogP contribution >= 0.6 is 0 Å². The summed E-state index contributed by atoms with van der Waals surface area (Å²) in [6, 6.07) is 12.4. The van der Waals surface area contributed by atoms with Gasteiger partial charge in [-0.2, -0.15) is 0 Å². The van der Waals surface area contributed by atoms with Crippen LogP contribution in [0, 0.1) is 5.92 Å². The van der Waals surface area contributed by atoms with Gasteiger partial charge in [0.15, 0.2) is 0 Å². The van der Waals surface area contributed by atoms with Gasteiger partial charge in [-0.05, 0) is 55.0 Å². The topological polar surface area (TPSA) is 77.1 Å². The van der Waals surface area contributed by atoms with Crippen molar-refractivity contribution in [2.45, 2.75) is 59.1 Å². The Morgan fingerprint density at radius 2 is 1.81 bits per heavy atom. The predicted molar refractivity (Wildman–Crippen MR) is 145 cm³/mol. The Morgan fingerprint density at radius 1 is 1.14 bits per heavy atom. The Morgan fingerprint density at radius 3 is 2.42 bits per heavy atom. The molecule has 7 heteroatoms. The van der Waals surface area contributed by atoms with E-state index in [9.17, 15) is 9.59 Å². The van der Waals surface area contributed by atoms with Crippen molar-refractivity contribution in [3.05, 3.63) is 48.0 Å². The second-order valence-corrected chi connectivity index (χ2v) is 9.70. The van der Waals surface area contributed by atoms with E-state index in [-0.39, 0.29) is 31.2 Å². The number of alkyl carbamates (subject to hydrolysis) is 1. The summed E-state index contributed by atoms with van der Waals surface area (Å²) in [6.45, 7) is 9.25. The molecule has 2 amide bonds. The third-order valence-corrected chi connectivity index (χ3v) is 5.72. The number of nitrogens with zero attached hydrogens (tertiary/aromatic N) is 1. The van der Waals surface area contributed by atoms with Crippen molar-refractivity contribution in [2.24, 2.45) is 5.92 Å². The number of benzene rings is 2. The number of ether oxygens (including phenoxy) is 3. The molecule has 3 rings (SSSR count). The van der Waals surface area contributed by atoms with Gasteiger partial charge in [0.05, 0.1) is 19.8 Å². The summed E-state index contributed by atoms with van der Waals surface area (Å²) in [4.78, 5) is 25.9. The standard InChI is InChI=1S/C25H32N2O5.C4H10/c1-18-13-22(30-2)17-27(18)24(28)16-26-25(29)32-12-8-4-5-11-21-14-19-9-6-7-10-20(19)15-23(21)31-3;1-4(2)3/h5-7,9-11,14-15,18,22H,4,8,12-13,16-17H2,1-3H3,(H,26,29);4H,1-3H3/b11-5-;. The molecule has 0 radical (unpaired) electrons. The number of carbonyl (C=O) groups excluding carboxylic acids is 2. The molecular formula is C29H42N2O5. The first kappa shape index (κ1) is 29.2. The number of carbonyl (C=O) groups is 2. The average molecular weight is 499 g/mol. The van der Waals surface area contributed by atoms with Crippen molar-refractivity contribution in [1.29, 1.82) is 0 Å². The Balaban J connectivity index is 0.00000106. The van der Waals surface area contributed by atoms with Crippen LogP contribution in [-0.4, -0.2) is 63.0 Å². The molecule has 1 N–H and O–H groups in total. The summed E-state index contributed by atoms with van der Waals surface area (Å²) in [5, 5.41) is 4.83. The van der Waals surface area contributed by atoms with Gasteiger partial charge >= 0.3 is 6.09 Å². The SMILES string of the molecule is CC(C)C.COc1cc2ccccc2cc1/C=C\CCCOC(=O)NCC(=O)N1CC(OC)CC1C. The number of methoxy groups -OCH3 is 2. The van der Waals surface area contributed by atoms with Crippen molar-refractivity contribution in [1.82, 2.24) is 10.2 Å². The lowest BCUT2D eigenvalue weighted by Gasteiger charge is -2.21. The summed E-state index contributed by atoms with van der Waals surface area (Å²) >= 11 is 0. The number of allylic oxidation sites excluding steroid dienone is 1. The van der Waals surface area contributed by atoms with Crippen molar-refractivity contribution < 1.29 is 23.8 Å². The van der Waals surface area contributed by atoms with Crippen LogP contribution in [0.15, 0.2) is 42.5 Å². The second-order valence-electron chi connectivity index (χ2n) is 9.70. The number of amides is 2.